The van der Waals surface area contributed by atoms with Crippen LogP contribution in [0, 0.1) is 0 Å². The first-order valence-electron chi connectivity index (χ1n) is 13.2. The number of carbonyl (C=O) groups excluding carboxylic acids is 1. The van der Waals surface area contributed by atoms with Crippen molar-refractivity contribution in [1.29, 1.82) is 0 Å². The van der Waals surface area contributed by atoms with E-state index in [2.05, 4.69) is 35.5 Å². The van der Waals surface area contributed by atoms with Crippen LogP contribution in [0.5, 0.6) is 5.75 Å². The van der Waals surface area contributed by atoms with Crippen molar-refractivity contribution in [3.05, 3.63) is 87.3 Å². The minimum Gasteiger partial charge on any atom is -0.497 e. The van der Waals surface area contributed by atoms with Crippen LogP contribution in [0.1, 0.15) is 52.9 Å². The molecule has 0 atom stereocenters. The van der Waals surface area contributed by atoms with Gasteiger partial charge in [0.2, 0.25) is 0 Å². The third-order valence-electron chi connectivity index (χ3n) is 7.60. The molecule has 2 aliphatic rings. The van der Waals surface area contributed by atoms with Gasteiger partial charge in [-0.15, -0.1) is 11.8 Å². The Balaban J connectivity index is 1.43. The summed E-state index contributed by atoms with van der Waals surface area (Å²) in [5, 5.41) is 1.03. The van der Waals surface area contributed by atoms with Crippen LogP contribution in [0.2, 0.25) is 0 Å². The number of hydrogen-bond acceptors (Lipinski definition) is 5. The van der Waals surface area contributed by atoms with Crippen molar-refractivity contribution >= 4 is 28.6 Å². The Kier molecular flexibility index (Phi) is 6.70. The van der Waals surface area contributed by atoms with Gasteiger partial charge in [-0.2, -0.15) is 0 Å². The highest BCUT2D eigenvalue weighted by atomic mass is 32.2. The van der Waals surface area contributed by atoms with Gasteiger partial charge in [0.1, 0.15) is 11.3 Å². The van der Waals surface area contributed by atoms with E-state index in [1.165, 1.54) is 0 Å². The fraction of sp³-hybridized carbons (Fsp3) is 0.323. The molecule has 0 unspecified atom stereocenters. The van der Waals surface area contributed by atoms with Crippen molar-refractivity contribution in [3.63, 3.8) is 0 Å². The van der Waals surface area contributed by atoms with Gasteiger partial charge in [-0.25, -0.2) is 4.98 Å². The lowest BCUT2D eigenvalue weighted by Crippen LogP contribution is -2.37. The first-order valence-corrected chi connectivity index (χ1v) is 14.4. The number of fused-ring (bicyclic) bond motifs is 2. The van der Waals surface area contributed by atoms with Gasteiger partial charge in [-0.05, 0) is 92.3 Å². The van der Waals surface area contributed by atoms with Crippen molar-refractivity contribution in [2.75, 3.05) is 13.4 Å². The minimum absolute atomic E-state index is 0.130. The van der Waals surface area contributed by atoms with Crippen molar-refractivity contribution in [3.8, 4) is 17.0 Å². The van der Waals surface area contributed by atoms with Gasteiger partial charge in [0.15, 0.2) is 0 Å². The number of H-pyrrole nitrogens is 1. The average molecular weight is 526 g/mol. The molecule has 194 valence electrons. The summed E-state index contributed by atoms with van der Waals surface area (Å²) in [5.41, 5.74) is 5.68. The van der Waals surface area contributed by atoms with Crippen molar-refractivity contribution < 1.29 is 9.53 Å². The summed E-state index contributed by atoms with van der Waals surface area (Å²) in [5.74, 6) is 0.556. The Morgan fingerprint density at radius 1 is 1.11 bits per heavy atom. The molecule has 4 aromatic rings. The number of amides is 1. The lowest BCUT2D eigenvalue weighted by Gasteiger charge is -2.25. The lowest BCUT2D eigenvalue weighted by molar-refractivity contribution is 0.0728. The molecule has 7 heteroatoms. The van der Waals surface area contributed by atoms with Gasteiger partial charge in [0.05, 0.1) is 18.3 Å². The average Bonchev–Trinajstić information content (AvgIpc) is 3.80. The Morgan fingerprint density at radius 3 is 2.74 bits per heavy atom. The fourth-order valence-electron chi connectivity index (χ4n) is 5.38. The molecule has 6 rings (SSSR count). The number of nitrogens with zero attached hydrogens (tertiary/aromatic N) is 2. The van der Waals surface area contributed by atoms with Gasteiger partial charge in [-0.1, -0.05) is 18.2 Å². The highest BCUT2D eigenvalue weighted by Gasteiger charge is 2.35. The topological polar surface area (TPSA) is 75.3 Å². The zero-order chi connectivity index (χ0) is 26.2. The minimum atomic E-state index is -0.282. The number of aryl methyl sites for hydroxylation is 2. The SMILES string of the molecule is COc1cccc(-c2nc3cc(SC)ccc3cc2CN(C(=O)c2cc3c([nH]c2=O)CCCC3)C2CC2)c1. The predicted octanol–water partition coefficient (Wildman–Crippen LogP) is 6.00. The van der Waals surface area contributed by atoms with Crippen molar-refractivity contribution in [2.45, 2.75) is 56.0 Å². The number of pyridine rings is 2. The second kappa shape index (κ2) is 10.3. The second-order valence-electron chi connectivity index (χ2n) is 10.2. The van der Waals surface area contributed by atoms with E-state index >= 15 is 0 Å². The number of ether oxygens (including phenoxy) is 1. The second-order valence-corrected chi connectivity index (χ2v) is 11.1. The smallest absolute Gasteiger partial charge is 0.261 e. The monoisotopic (exact) mass is 525 g/mol. The van der Waals surface area contributed by atoms with E-state index in [1.54, 1.807) is 18.9 Å². The molecule has 0 bridgehead atoms. The van der Waals surface area contributed by atoms with Gasteiger partial charge < -0.3 is 14.6 Å². The summed E-state index contributed by atoms with van der Waals surface area (Å²) in [4.78, 5) is 38.0. The molecule has 1 saturated carbocycles. The summed E-state index contributed by atoms with van der Waals surface area (Å²) in [7, 11) is 1.65. The Bertz CT molecular complexity index is 1590. The molecule has 0 spiro atoms. The number of aromatic nitrogens is 2. The molecule has 0 saturated heterocycles. The largest absolute Gasteiger partial charge is 0.497 e. The van der Waals surface area contributed by atoms with E-state index in [0.717, 1.165) is 88.2 Å². The summed E-state index contributed by atoms with van der Waals surface area (Å²) < 4.78 is 5.49. The van der Waals surface area contributed by atoms with Crippen LogP contribution in [-0.2, 0) is 19.4 Å². The highest BCUT2D eigenvalue weighted by Crippen LogP contribution is 2.34. The quantitative estimate of drug-likeness (QED) is 0.299. The molecule has 2 aliphatic carbocycles. The summed E-state index contributed by atoms with van der Waals surface area (Å²) in [6.45, 7) is 0.389. The van der Waals surface area contributed by atoms with E-state index in [9.17, 15) is 9.59 Å². The standard InChI is InChI=1S/C31H31N3O3S/c1-37-24-8-5-7-21(15-24)29-22(14-20-10-13-25(38-2)17-28(20)32-29)18-34(23-11-12-23)31(36)26-16-19-6-3-4-9-27(19)33-30(26)35/h5,7-8,10,13-17,23H,3-4,6,9,11-12,18H2,1-2H3,(H,33,35). The maximum absolute atomic E-state index is 13.9. The van der Waals surface area contributed by atoms with E-state index in [4.69, 9.17) is 9.72 Å². The molecule has 2 heterocycles. The maximum atomic E-state index is 13.9. The number of hydrogen-bond donors (Lipinski definition) is 1. The molecule has 0 aliphatic heterocycles. The molecule has 1 amide bonds. The summed E-state index contributed by atoms with van der Waals surface area (Å²) >= 11 is 1.69. The summed E-state index contributed by atoms with van der Waals surface area (Å²) in [6.07, 6.45) is 7.88. The van der Waals surface area contributed by atoms with Crippen LogP contribution >= 0.6 is 11.8 Å². The van der Waals surface area contributed by atoms with Crippen LogP contribution in [0.4, 0.5) is 0 Å². The van der Waals surface area contributed by atoms with Crippen LogP contribution in [0.25, 0.3) is 22.2 Å². The molecule has 2 aromatic carbocycles. The first-order chi connectivity index (χ1) is 18.5. The number of nitrogens with one attached hydrogen (secondary N) is 1. The zero-order valence-corrected chi connectivity index (χ0v) is 22.6. The molecule has 6 nitrogen and oxygen atoms in total. The predicted molar refractivity (Wildman–Crippen MR) is 152 cm³/mol. The highest BCUT2D eigenvalue weighted by molar-refractivity contribution is 7.98. The normalized spacial score (nSPS) is 14.8. The fourth-order valence-corrected chi connectivity index (χ4v) is 5.82. The van der Waals surface area contributed by atoms with Gasteiger partial charge in [-0.3, -0.25) is 9.59 Å². The molecule has 2 aromatic heterocycles. The van der Waals surface area contributed by atoms with Gasteiger partial charge in [0, 0.05) is 34.1 Å². The Morgan fingerprint density at radius 2 is 1.95 bits per heavy atom. The zero-order valence-electron chi connectivity index (χ0n) is 21.8. The van der Waals surface area contributed by atoms with Crippen LogP contribution in [0.3, 0.4) is 0 Å². The van der Waals surface area contributed by atoms with E-state index in [0.29, 0.717) is 6.54 Å². The summed E-state index contributed by atoms with van der Waals surface area (Å²) in [6, 6.07) is 18.3. The molecular formula is C31H31N3O3S. The number of thioether (sulfide) groups is 1. The van der Waals surface area contributed by atoms with E-state index in [1.807, 2.05) is 35.2 Å². The molecule has 38 heavy (non-hydrogen) atoms. The molecule has 1 N–H and O–H groups in total. The van der Waals surface area contributed by atoms with Crippen LogP contribution in [-0.4, -0.2) is 40.2 Å². The number of methoxy groups -OCH3 is 1. The molecular weight excluding hydrogens is 494 g/mol. The van der Waals surface area contributed by atoms with Crippen LogP contribution in [0.15, 0.2) is 64.3 Å². The third kappa shape index (κ3) is 4.83. The number of benzene rings is 2. The van der Waals surface area contributed by atoms with Crippen molar-refractivity contribution in [2.24, 2.45) is 0 Å². The number of aromatic amines is 1. The van der Waals surface area contributed by atoms with Gasteiger partial charge >= 0.3 is 0 Å². The molecule has 1 fully saturated rings. The van der Waals surface area contributed by atoms with Crippen molar-refractivity contribution in [1.82, 2.24) is 14.9 Å². The Labute approximate surface area is 226 Å². The van der Waals surface area contributed by atoms with E-state index in [-0.39, 0.29) is 23.1 Å². The van der Waals surface area contributed by atoms with E-state index < -0.39 is 0 Å². The maximum Gasteiger partial charge on any atom is 0.261 e. The first kappa shape index (κ1) is 24.7. The van der Waals surface area contributed by atoms with Crippen LogP contribution < -0.4 is 10.3 Å². The molecule has 0 radical (unpaired) electrons. The van der Waals surface area contributed by atoms with Gasteiger partial charge in [0.25, 0.3) is 11.5 Å². The number of rotatable bonds is 7. The Hall–Kier alpha value is -3.58. The lowest BCUT2D eigenvalue weighted by atomic mass is 9.94. The number of carbonyl (C=O) groups is 1. The third-order valence-corrected chi connectivity index (χ3v) is 8.33.